The molecule has 1 aromatic rings. The molecule has 1 N–H and O–H groups in total. The lowest BCUT2D eigenvalue weighted by Crippen LogP contribution is -2.45. The van der Waals surface area contributed by atoms with Gasteiger partial charge in [0.25, 0.3) is 5.91 Å². The Labute approximate surface area is 161 Å². The van der Waals surface area contributed by atoms with E-state index in [-0.39, 0.29) is 11.9 Å². The average Bonchev–Trinajstić information content (AvgIpc) is 3.00. The molecule has 2 atom stereocenters. The molecule has 0 aliphatic carbocycles. The third kappa shape index (κ3) is 3.95. The number of anilines is 1. The number of nitrogens with one attached hydrogen (secondary N) is 1. The molecule has 0 unspecified atom stereocenters. The van der Waals surface area contributed by atoms with Crippen LogP contribution in [0.3, 0.4) is 0 Å². The summed E-state index contributed by atoms with van der Waals surface area (Å²) in [5, 5.41) is 3.05. The van der Waals surface area contributed by atoms with Gasteiger partial charge in [-0.1, -0.05) is 6.07 Å². The predicted molar refractivity (Wildman–Crippen MR) is 106 cm³/mol. The number of fused-ring (bicyclic) bond motifs is 2. The first-order valence-electron chi connectivity index (χ1n) is 10.3. The van der Waals surface area contributed by atoms with Gasteiger partial charge >= 0.3 is 6.03 Å². The molecule has 6 heteroatoms. The zero-order chi connectivity index (χ0) is 18.8. The molecule has 3 aliphatic rings. The highest BCUT2D eigenvalue weighted by Gasteiger charge is 2.39. The molecule has 0 aromatic heterocycles. The van der Waals surface area contributed by atoms with Gasteiger partial charge in [0.1, 0.15) is 0 Å². The quantitative estimate of drug-likeness (QED) is 0.871. The Morgan fingerprint density at radius 2 is 1.78 bits per heavy atom. The number of hydrogen-bond donors (Lipinski definition) is 1. The van der Waals surface area contributed by atoms with Crippen molar-refractivity contribution in [2.24, 2.45) is 0 Å². The highest BCUT2D eigenvalue weighted by Crippen LogP contribution is 2.30. The molecule has 0 saturated carbocycles. The van der Waals surface area contributed by atoms with Crippen molar-refractivity contribution in [3.63, 3.8) is 0 Å². The van der Waals surface area contributed by atoms with E-state index in [0.29, 0.717) is 23.3 Å². The van der Waals surface area contributed by atoms with E-state index in [4.69, 9.17) is 0 Å². The average molecular weight is 370 g/mol. The van der Waals surface area contributed by atoms with E-state index in [1.54, 1.807) is 0 Å². The second-order valence-electron chi connectivity index (χ2n) is 8.21. The fourth-order valence-electron chi connectivity index (χ4n) is 4.77. The molecule has 3 saturated heterocycles. The number of likely N-dealkylation sites (N-methyl/N-ethyl adjacent to an activating group) is 1. The molecule has 6 nitrogen and oxygen atoms in total. The first-order chi connectivity index (χ1) is 13.1. The van der Waals surface area contributed by atoms with Crippen LogP contribution >= 0.6 is 0 Å². The summed E-state index contributed by atoms with van der Waals surface area (Å²) in [5.74, 6) is 0.0715. The lowest BCUT2D eigenvalue weighted by Gasteiger charge is -2.29. The lowest BCUT2D eigenvalue weighted by molar-refractivity contribution is 0.0724. The summed E-state index contributed by atoms with van der Waals surface area (Å²) in [4.78, 5) is 32.0. The summed E-state index contributed by atoms with van der Waals surface area (Å²) in [6.45, 7) is 3.66. The summed E-state index contributed by atoms with van der Waals surface area (Å²) in [6.07, 6.45) is 6.57. The van der Waals surface area contributed by atoms with Crippen LogP contribution in [0.2, 0.25) is 0 Å². The minimum Gasteiger partial charge on any atom is -0.339 e. The van der Waals surface area contributed by atoms with Gasteiger partial charge in [-0.3, -0.25) is 4.79 Å². The van der Waals surface area contributed by atoms with Crippen molar-refractivity contribution in [2.75, 3.05) is 38.5 Å². The maximum Gasteiger partial charge on any atom is 0.322 e. The van der Waals surface area contributed by atoms with Crippen molar-refractivity contribution >= 4 is 17.6 Å². The van der Waals surface area contributed by atoms with Crippen molar-refractivity contribution in [1.82, 2.24) is 14.7 Å². The Morgan fingerprint density at radius 3 is 2.59 bits per heavy atom. The molecule has 1 aromatic carbocycles. The first kappa shape index (κ1) is 18.3. The second-order valence-corrected chi connectivity index (χ2v) is 8.21. The molecule has 3 aliphatic heterocycles. The molecule has 3 fully saturated rings. The minimum absolute atomic E-state index is 0.0274. The number of benzene rings is 1. The van der Waals surface area contributed by atoms with Crippen molar-refractivity contribution in [2.45, 2.75) is 50.6 Å². The molecular formula is C21H30N4O2. The Kier molecular flexibility index (Phi) is 5.34. The van der Waals surface area contributed by atoms with E-state index in [9.17, 15) is 9.59 Å². The summed E-state index contributed by atoms with van der Waals surface area (Å²) < 4.78 is 0. The molecule has 3 heterocycles. The maximum absolute atomic E-state index is 13.0. The number of rotatable bonds is 2. The number of urea groups is 1. The van der Waals surface area contributed by atoms with Gasteiger partial charge in [-0.15, -0.1) is 0 Å². The van der Waals surface area contributed by atoms with E-state index < -0.39 is 0 Å². The zero-order valence-corrected chi connectivity index (χ0v) is 16.2. The molecule has 0 spiro atoms. The van der Waals surface area contributed by atoms with Gasteiger partial charge in [0, 0.05) is 43.0 Å². The first-order valence-corrected chi connectivity index (χ1v) is 10.3. The van der Waals surface area contributed by atoms with Crippen molar-refractivity contribution in [3.8, 4) is 0 Å². The Balaban J connectivity index is 1.45. The van der Waals surface area contributed by atoms with E-state index in [1.165, 1.54) is 6.42 Å². The predicted octanol–water partition coefficient (Wildman–Crippen LogP) is 3.01. The van der Waals surface area contributed by atoms with Crippen LogP contribution in [0.25, 0.3) is 0 Å². The summed E-state index contributed by atoms with van der Waals surface area (Å²) in [6, 6.07) is 7.99. The molecule has 4 rings (SSSR count). The van der Waals surface area contributed by atoms with Gasteiger partial charge < -0.3 is 20.0 Å². The van der Waals surface area contributed by atoms with Gasteiger partial charge in [-0.25, -0.2) is 4.79 Å². The Hall–Kier alpha value is -2.08. The van der Waals surface area contributed by atoms with Gasteiger partial charge in [0.15, 0.2) is 0 Å². The topological polar surface area (TPSA) is 55.9 Å². The fraction of sp³-hybridized carbons (Fsp3) is 0.619. The van der Waals surface area contributed by atoms with E-state index >= 15 is 0 Å². The second kappa shape index (κ2) is 7.89. The fourth-order valence-corrected chi connectivity index (χ4v) is 4.77. The number of carbonyl (C=O) groups is 2. The standard InChI is InChI=1S/C21H30N4O2/c1-23-13-10-18-8-9-19(15-23)25(18)21(27)22-17-7-5-6-16(14-17)20(26)24-11-3-2-4-12-24/h5-7,14,18-19H,2-4,8-13,15H2,1H3,(H,22,27)/t18-,19+/m1/s1. The Bertz CT molecular complexity index is 701. The Morgan fingerprint density at radius 1 is 1.00 bits per heavy atom. The molecule has 27 heavy (non-hydrogen) atoms. The number of carbonyl (C=O) groups excluding carboxylic acids is 2. The zero-order valence-electron chi connectivity index (χ0n) is 16.2. The normalized spacial score (nSPS) is 26.0. The van der Waals surface area contributed by atoms with E-state index in [0.717, 1.165) is 58.3 Å². The van der Waals surface area contributed by atoms with Crippen molar-refractivity contribution in [3.05, 3.63) is 29.8 Å². The SMILES string of the molecule is CN1CC[C@H]2CC[C@@H](C1)N2C(=O)Nc1cccc(C(=O)N2CCCCC2)c1. The smallest absolute Gasteiger partial charge is 0.322 e. The van der Waals surface area contributed by atoms with E-state index in [1.807, 2.05) is 34.1 Å². The van der Waals surface area contributed by atoms with Crippen LogP contribution in [0, 0.1) is 0 Å². The van der Waals surface area contributed by atoms with Crippen LogP contribution < -0.4 is 5.32 Å². The number of likely N-dealkylation sites (tertiary alicyclic amines) is 2. The molecule has 146 valence electrons. The molecule has 2 bridgehead atoms. The molecule has 3 amide bonds. The third-order valence-corrected chi connectivity index (χ3v) is 6.22. The lowest BCUT2D eigenvalue weighted by atomic mass is 10.1. The van der Waals surface area contributed by atoms with Crippen molar-refractivity contribution < 1.29 is 9.59 Å². The number of piperidine rings is 1. The summed E-state index contributed by atoms with van der Waals surface area (Å²) in [7, 11) is 2.13. The summed E-state index contributed by atoms with van der Waals surface area (Å²) in [5.41, 5.74) is 1.37. The van der Waals surface area contributed by atoms with Crippen LogP contribution in [0.1, 0.15) is 48.9 Å². The van der Waals surface area contributed by atoms with Gasteiger partial charge in [0.05, 0.1) is 0 Å². The van der Waals surface area contributed by atoms with Crippen LogP contribution in [0.15, 0.2) is 24.3 Å². The van der Waals surface area contributed by atoms with Crippen LogP contribution in [0.5, 0.6) is 0 Å². The van der Waals surface area contributed by atoms with Gasteiger partial charge in [-0.2, -0.15) is 0 Å². The number of hydrogen-bond acceptors (Lipinski definition) is 3. The summed E-state index contributed by atoms with van der Waals surface area (Å²) >= 11 is 0. The minimum atomic E-state index is -0.0274. The largest absolute Gasteiger partial charge is 0.339 e. The third-order valence-electron chi connectivity index (χ3n) is 6.22. The van der Waals surface area contributed by atoms with Crippen LogP contribution in [-0.4, -0.2) is 71.9 Å². The van der Waals surface area contributed by atoms with E-state index in [2.05, 4.69) is 17.3 Å². The molecule has 0 radical (unpaired) electrons. The monoisotopic (exact) mass is 370 g/mol. The number of nitrogens with zero attached hydrogens (tertiary/aromatic N) is 3. The number of amides is 3. The van der Waals surface area contributed by atoms with Crippen molar-refractivity contribution in [1.29, 1.82) is 0 Å². The van der Waals surface area contributed by atoms with Crippen LogP contribution in [0.4, 0.5) is 10.5 Å². The van der Waals surface area contributed by atoms with Gasteiger partial charge in [0.2, 0.25) is 0 Å². The molecular weight excluding hydrogens is 340 g/mol. The van der Waals surface area contributed by atoms with Gasteiger partial charge in [-0.05, 0) is 70.3 Å². The highest BCUT2D eigenvalue weighted by molar-refractivity contribution is 5.97. The maximum atomic E-state index is 13.0. The highest BCUT2D eigenvalue weighted by atomic mass is 16.2. The van der Waals surface area contributed by atoms with Crippen LogP contribution in [-0.2, 0) is 0 Å².